The largest absolute Gasteiger partial charge is 0.394 e. The molecule has 0 unspecified atom stereocenters. The van der Waals surface area contributed by atoms with Gasteiger partial charge in [-0.1, -0.05) is 5.11 Å². The van der Waals surface area contributed by atoms with E-state index in [1.54, 1.807) is 0 Å². The zero-order chi connectivity index (χ0) is 20.5. The minimum absolute atomic E-state index is 0.0651. The van der Waals surface area contributed by atoms with Crippen molar-refractivity contribution >= 4 is 17.0 Å². The van der Waals surface area contributed by atoms with Gasteiger partial charge in [-0.05, 0) is 23.1 Å². The number of imidazole rings is 1. The van der Waals surface area contributed by atoms with Crippen LogP contribution < -0.4 is 0 Å². The van der Waals surface area contributed by atoms with Gasteiger partial charge >= 0.3 is 0 Å². The van der Waals surface area contributed by atoms with E-state index < -0.39 is 42.8 Å². The molecule has 0 radical (unpaired) electrons. The van der Waals surface area contributed by atoms with E-state index in [1.807, 2.05) is 0 Å². The molecule has 0 bridgehead atoms. The predicted molar refractivity (Wildman–Crippen MR) is 90.7 cm³/mol. The highest BCUT2D eigenvalue weighted by Crippen LogP contribution is 2.40. The number of aliphatic hydroxyl groups is 4. The smallest absolute Gasteiger partial charge is 0.165 e. The van der Waals surface area contributed by atoms with Crippen molar-refractivity contribution in [2.75, 3.05) is 6.61 Å². The van der Waals surface area contributed by atoms with E-state index in [0.29, 0.717) is 0 Å². The minimum atomic E-state index is -1.84. The van der Waals surface area contributed by atoms with E-state index >= 15 is 0 Å². The van der Waals surface area contributed by atoms with Crippen LogP contribution in [0.2, 0.25) is 0 Å². The molecule has 6 atom stereocenters. The van der Waals surface area contributed by atoms with Crippen molar-refractivity contribution in [3.05, 3.63) is 33.5 Å². The SMILES string of the molecule is C[C@@]1(N=[N+]=[N-])[C@H](O)[C@@H](O)[C@H](O)[C@@H](CO)O[C@H]1n1cnc2c(N=[N+]=[N-])ncnc21. The quantitative estimate of drug-likeness (QED) is 0.308. The van der Waals surface area contributed by atoms with E-state index in [1.165, 1.54) is 17.8 Å². The molecule has 4 N–H and O–H groups in total. The highest BCUT2D eigenvalue weighted by Gasteiger charge is 2.53. The molecular formula is C13H16N10O5. The summed E-state index contributed by atoms with van der Waals surface area (Å²) >= 11 is 0. The maximum Gasteiger partial charge on any atom is 0.165 e. The summed E-state index contributed by atoms with van der Waals surface area (Å²) in [6.07, 6.45) is -5.55. The van der Waals surface area contributed by atoms with Crippen LogP contribution in [-0.2, 0) is 4.74 Å². The topological polar surface area (TPSA) is 231 Å². The molecule has 0 amide bonds. The maximum absolute atomic E-state index is 10.6. The third-order valence-corrected chi connectivity index (χ3v) is 4.63. The Morgan fingerprint density at radius 2 is 1.96 bits per heavy atom. The second kappa shape index (κ2) is 7.53. The summed E-state index contributed by atoms with van der Waals surface area (Å²) in [5.74, 6) is -0.0651. The Morgan fingerprint density at radius 3 is 2.61 bits per heavy atom. The van der Waals surface area contributed by atoms with Crippen LogP contribution in [0.1, 0.15) is 13.2 Å². The standard InChI is InChI=1S/C13H16N10O5/c1-13(20-22-15)9(27)8(26)7(25)5(2-24)28-12(13)23-4-18-6-10(19-21-14)16-3-17-11(6)23/h3-5,7-9,12,24-27H,2H2,1H3/t5-,7-,8+,9-,12-,13-/m1/s1. The Hall–Kier alpha value is -3.03. The summed E-state index contributed by atoms with van der Waals surface area (Å²) in [5, 5.41) is 47.6. The Kier molecular flexibility index (Phi) is 5.31. The van der Waals surface area contributed by atoms with Crippen LogP contribution in [0.4, 0.5) is 5.82 Å². The molecule has 148 valence electrons. The molecule has 3 rings (SSSR count). The summed E-state index contributed by atoms with van der Waals surface area (Å²) in [4.78, 5) is 17.3. The van der Waals surface area contributed by atoms with Gasteiger partial charge in [-0.2, -0.15) is 0 Å². The second-order valence-corrected chi connectivity index (χ2v) is 6.26. The van der Waals surface area contributed by atoms with Gasteiger partial charge in [-0.3, -0.25) is 4.57 Å². The number of aromatic nitrogens is 4. The predicted octanol–water partition coefficient (Wildman–Crippen LogP) is -0.191. The fourth-order valence-corrected chi connectivity index (χ4v) is 3.11. The van der Waals surface area contributed by atoms with Crippen molar-refractivity contribution in [2.24, 2.45) is 10.2 Å². The Balaban J connectivity index is 2.24. The van der Waals surface area contributed by atoms with Crippen molar-refractivity contribution in [3.8, 4) is 0 Å². The van der Waals surface area contributed by atoms with Crippen molar-refractivity contribution in [2.45, 2.75) is 43.1 Å². The molecule has 1 saturated heterocycles. The molecule has 1 aliphatic heterocycles. The molecule has 1 fully saturated rings. The molecule has 1 aliphatic rings. The molecule has 2 aromatic heterocycles. The number of azide groups is 2. The molecule has 28 heavy (non-hydrogen) atoms. The van der Waals surface area contributed by atoms with E-state index in [4.69, 9.17) is 15.8 Å². The van der Waals surface area contributed by atoms with Gasteiger partial charge in [0, 0.05) is 9.82 Å². The van der Waals surface area contributed by atoms with Gasteiger partial charge in [-0.25, -0.2) is 15.0 Å². The van der Waals surface area contributed by atoms with Gasteiger partial charge in [-0.15, -0.1) is 0 Å². The van der Waals surface area contributed by atoms with Crippen LogP contribution in [0, 0.1) is 0 Å². The third kappa shape index (κ3) is 2.98. The number of hydrogen-bond acceptors (Lipinski definition) is 10. The molecule has 0 aromatic carbocycles. The van der Waals surface area contributed by atoms with Crippen LogP contribution in [-0.4, -0.2) is 76.5 Å². The van der Waals surface area contributed by atoms with Crippen LogP contribution in [0.3, 0.4) is 0 Å². The summed E-state index contributed by atoms with van der Waals surface area (Å²) in [7, 11) is 0. The highest BCUT2D eigenvalue weighted by atomic mass is 16.5. The average molecular weight is 392 g/mol. The fraction of sp³-hybridized carbons (Fsp3) is 0.615. The first-order valence-corrected chi connectivity index (χ1v) is 7.98. The second-order valence-electron chi connectivity index (χ2n) is 6.26. The number of hydrogen-bond donors (Lipinski definition) is 4. The number of nitrogens with zero attached hydrogens (tertiary/aromatic N) is 10. The lowest BCUT2D eigenvalue weighted by Crippen LogP contribution is -2.52. The summed E-state index contributed by atoms with van der Waals surface area (Å²) in [6.45, 7) is 0.610. The van der Waals surface area contributed by atoms with Crippen LogP contribution in [0.15, 0.2) is 22.9 Å². The van der Waals surface area contributed by atoms with Crippen molar-refractivity contribution in [1.82, 2.24) is 19.5 Å². The lowest BCUT2D eigenvalue weighted by Gasteiger charge is -2.36. The first-order valence-electron chi connectivity index (χ1n) is 7.98. The van der Waals surface area contributed by atoms with Crippen LogP contribution in [0.5, 0.6) is 0 Å². The maximum atomic E-state index is 10.6. The van der Waals surface area contributed by atoms with Gasteiger partial charge in [0.25, 0.3) is 0 Å². The molecule has 0 aliphatic carbocycles. The van der Waals surface area contributed by atoms with E-state index in [0.717, 1.165) is 6.33 Å². The summed E-state index contributed by atoms with van der Waals surface area (Å²) in [6, 6.07) is 0. The normalized spacial score (nSPS) is 33.0. The van der Waals surface area contributed by atoms with Gasteiger partial charge in [0.2, 0.25) is 0 Å². The molecular weight excluding hydrogens is 376 g/mol. The van der Waals surface area contributed by atoms with E-state index in [-0.39, 0.29) is 17.0 Å². The van der Waals surface area contributed by atoms with Gasteiger partial charge in [0.15, 0.2) is 17.7 Å². The van der Waals surface area contributed by atoms with Crippen LogP contribution >= 0.6 is 0 Å². The van der Waals surface area contributed by atoms with Gasteiger partial charge < -0.3 is 25.2 Å². The molecule has 0 spiro atoms. The Bertz CT molecular complexity index is 970. The monoisotopic (exact) mass is 392 g/mol. The third-order valence-electron chi connectivity index (χ3n) is 4.63. The zero-order valence-electron chi connectivity index (χ0n) is 14.4. The lowest BCUT2D eigenvalue weighted by molar-refractivity contribution is -0.137. The van der Waals surface area contributed by atoms with Gasteiger partial charge in [0.05, 0.1) is 19.0 Å². The number of rotatable bonds is 4. The summed E-state index contributed by atoms with van der Waals surface area (Å²) < 4.78 is 6.97. The molecule has 15 nitrogen and oxygen atoms in total. The van der Waals surface area contributed by atoms with Crippen LogP contribution in [0.25, 0.3) is 32.0 Å². The average Bonchev–Trinajstić information content (AvgIpc) is 3.09. The first kappa shape index (κ1) is 19.7. The minimum Gasteiger partial charge on any atom is -0.394 e. The number of fused-ring (bicyclic) bond motifs is 1. The number of aliphatic hydroxyl groups excluding tert-OH is 4. The van der Waals surface area contributed by atoms with Crippen molar-refractivity contribution in [1.29, 1.82) is 0 Å². The number of ether oxygens (including phenoxy) is 1. The molecule has 15 heteroatoms. The molecule has 3 heterocycles. The zero-order valence-corrected chi connectivity index (χ0v) is 14.4. The molecule has 2 aromatic rings. The van der Waals surface area contributed by atoms with E-state index in [2.05, 4.69) is 35.0 Å². The fourth-order valence-electron chi connectivity index (χ4n) is 3.11. The van der Waals surface area contributed by atoms with Crippen molar-refractivity contribution in [3.63, 3.8) is 0 Å². The summed E-state index contributed by atoms with van der Waals surface area (Å²) in [5.41, 5.74) is 16.0. The first-order chi connectivity index (χ1) is 13.4. The Morgan fingerprint density at radius 1 is 1.21 bits per heavy atom. The lowest BCUT2D eigenvalue weighted by atomic mass is 9.88. The molecule has 0 saturated carbocycles. The van der Waals surface area contributed by atoms with Gasteiger partial charge in [0.1, 0.15) is 35.7 Å². The highest BCUT2D eigenvalue weighted by molar-refractivity contribution is 5.80. The Labute approximate surface area is 156 Å². The van der Waals surface area contributed by atoms with Crippen molar-refractivity contribution < 1.29 is 25.2 Å². The van der Waals surface area contributed by atoms with E-state index in [9.17, 15) is 20.4 Å².